The third-order valence-electron chi connectivity index (χ3n) is 5.86. The highest BCUT2D eigenvalue weighted by atomic mass is 32.2. The van der Waals surface area contributed by atoms with E-state index in [4.69, 9.17) is 0 Å². The number of rotatable bonds is 4. The van der Waals surface area contributed by atoms with Crippen LogP contribution in [0.5, 0.6) is 5.75 Å². The summed E-state index contributed by atoms with van der Waals surface area (Å²) in [6.45, 7) is 1.81. The number of likely N-dealkylation sites (tertiary alicyclic amines) is 1. The predicted octanol–water partition coefficient (Wildman–Crippen LogP) is 4.61. The second-order valence-electron chi connectivity index (χ2n) is 7.62. The van der Waals surface area contributed by atoms with Gasteiger partial charge in [-0.1, -0.05) is 42.5 Å². The Balaban J connectivity index is 1.60. The summed E-state index contributed by atoms with van der Waals surface area (Å²) in [4.78, 5) is 2.44. The van der Waals surface area contributed by atoms with Crippen LogP contribution in [0.25, 0.3) is 0 Å². The molecule has 0 saturated carbocycles. The van der Waals surface area contributed by atoms with Crippen LogP contribution in [0.1, 0.15) is 41.9 Å². The molecule has 1 heterocycles. The van der Waals surface area contributed by atoms with Gasteiger partial charge in [0.15, 0.2) is 0 Å². The van der Waals surface area contributed by atoms with Crippen LogP contribution in [-0.2, 0) is 23.1 Å². The van der Waals surface area contributed by atoms with E-state index in [1.54, 1.807) is 6.07 Å². The van der Waals surface area contributed by atoms with Crippen molar-refractivity contribution in [3.63, 3.8) is 0 Å². The zero-order valence-corrected chi connectivity index (χ0v) is 16.5. The highest BCUT2D eigenvalue weighted by molar-refractivity contribution is 7.88. The minimum Gasteiger partial charge on any atom is -0.376 e. The molecule has 0 bridgehead atoms. The normalized spacial score (nSPS) is 22.6. The lowest BCUT2D eigenvalue weighted by molar-refractivity contribution is -0.0500. The fourth-order valence-electron chi connectivity index (χ4n) is 4.62. The average molecular weight is 425 g/mol. The highest BCUT2D eigenvalue weighted by Gasteiger charge is 2.49. The van der Waals surface area contributed by atoms with E-state index in [-0.39, 0.29) is 17.7 Å². The molecule has 2 aromatic rings. The maximum atomic E-state index is 12.8. The zero-order valence-electron chi connectivity index (χ0n) is 15.7. The molecule has 1 aliphatic heterocycles. The second-order valence-corrected chi connectivity index (χ2v) is 9.16. The van der Waals surface area contributed by atoms with Crippen molar-refractivity contribution >= 4 is 10.1 Å². The Morgan fingerprint density at radius 2 is 1.79 bits per heavy atom. The summed E-state index contributed by atoms with van der Waals surface area (Å²) in [5.41, 5.74) is -2.71. The number of nitrogens with zero attached hydrogens (tertiary/aromatic N) is 1. The van der Waals surface area contributed by atoms with E-state index in [1.807, 2.05) is 24.3 Å². The lowest BCUT2D eigenvalue weighted by atomic mass is 9.74. The molecule has 4 rings (SSSR count). The summed E-state index contributed by atoms with van der Waals surface area (Å²) in [5, 5.41) is 0. The number of piperidine rings is 1. The van der Waals surface area contributed by atoms with E-state index in [2.05, 4.69) is 21.2 Å². The molecule has 1 saturated heterocycles. The zero-order chi connectivity index (χ0) is 20.6. The van der Waals surface area contributed by atoms with Crippen LogP contribution >= 0.6 is 0 Å². The maximum Gasteiger partial charge on any atom is 0.534 e. The Hall–Kier alpha value is -2.06. The van der Waals surface area contributed by atoms with Crippen molar-refractivity contribution in [1.29, 1.82) is 0 Å². The van der Waals surface area contributed by atoms with E-state index < -0.39 is 15.6 Å². The molecule has 1 fully saturated rings. The van der Waals surface area contributed by atoms with E-state index in [0.717, 1.165) is 37.9 Å². The topological polar surface area (TPSA) is 46.6 Å². The van der Waals surface area contributed by atoms with Gasteiger partial charge < -0.3 is 4.18 Å². The smallest absolute Gasteiger partial charge is 0.376 e. The first-order valence-corrected chi connectivity index (χ1v) is 11.1. The molecule has 2 atom stereocenters. The van der Waals surface area contributed by atoms with Crippen LogP contribution in [-0.4, -0.2) is 31.4 Å². The quantitative estimate of drug-likeness (QED) is 0.530. The molecule has 156 valence electrons. The number of halogens is 3. The van der Waals surface area contributed by atoms with Crippen molar-refractivity contribution in [3.8, 4) is 5.75 Å². The van der Waals surface area contributed by atoms with Crippen molar-refractivity contribution in [1.82, 2.24) is 4.90 Å². The Bertz CT molecular complexity index is 976. The summed E-state index contributed by atoms with van der Waals surface area (Å²) < 4.78 is 65.8. The van der Waals surface area contributed by atoms with Crippen molar-refractivity contribution in [2.24, 2.45) is 0 Å². The summed E-state index contributed by atoms with van der Waals surface area (Å²) in [7, 11) is -5.68. The third-order valence-corrected chi connectivity index (χ3v) is 6.83. The Labute approximate surface area is 168 Å². The van der Waals surface area contributed by atoms with Gasteiger partial charge in [-0.15, -0.1) is 0 Å². The Morgan fingerprint density at radius 1 is 1.03 bits per heavy atom. The molecular weight excluding hydrogens is 403 g/mol. The molecule has 0 spiro atoms. The summed E-state index contributed by atoms with van der Waals surface area (Å²) in [6.07, 6.45) is 3.17. The van der Waals surface area contributed by atoms with Crippen LogP contribution in [0.15, 0.2) is 48.5 Å². The maximum absolute atomic E-state index is 12.8. The molecule has 2 aromatic carbocycles. The SMILES string of the molecule is O=S(=O)(Oc1cccc2c1CCC1C2CCCN1Cc1ccccc1)C(F)(F)F. The fourth-order valence-corrected chi connectivity index (χ4v) is 5.11. The van der Waals surface area contributed by atoms with Gasteiger partial charge in [0, 0.05) is 12.6 Å². The minimum atomic E-state index is -5.68. The van der Waals surface area contributed by atoms with Gasteiger partial charge in [-0.3, -0.25) is 4.90 Å². The summed E-state index contributed by atoms with van der Waals surface area (Å²) in [5.74, 6) is -0.0354. The Kier molecular flexibility index (Phi) is 5.33. The predicted molar refractivity (Wildman–Crippen MR) is 103 cm³/mol. The molecule has 0 aromatic heterocycles. The van der Waals surface area contributed by atoms with Crippen LogP contribution in [0, 0.1) is 0 Å². The minimum absolute atomic E-state index is 0.161. The molecule has 4 nitrogen and oxygen atoms in total. The first-order chi connectivity index (χ1) is 13.8. The molecule has 29 heavy (non-hydrogen) atoms. The van der Waals surface area contributed by atoms with Gasteiger partial charge in [0.2, 0.25) is 0 Å². The van der Waals surface area contributed by atoms with Gasteiger partial charge in [0.25, 0.3) is 0 Å². The van der Waals surface area contributed by atoms with E-state index in [0.29, 0.717) is 12.0 Å². The van der Waals surface area contributed by atoms with Gasteiger partial charge in [-0.2, -0.15) is 21.6 Å². The van der Waals surface area contributed by atoms with E-state index in [1.165, 1.54) is 11.6 Å². The van der Waals surface area contributed by atoms with Crippen molar-refractivity contribution < 1.29 is 25.8 Å². The largest absolute Gasteiger partial charge is 0.534 e. The number of hydrogen-bond donors (Lipinski definition) is 0. The van der Waals surface area contributed by atoms with Gasteiger partial charge >= 0.3 is 15.6 Å². The molecule has 0 amide bonds. The van der Waals surface area contributed by atoms with Gasteiger partial charge in [-0.25, -0.2) is 0 Å². The molecule has 2 aliphatic rings. The van der Waals surface area contributed by atoms with Crippen LogP contribution in [0.2, 0.25) is 0 Å². The lowest BCUT2D eigenvalue weighted by Crippen LogP contribution is -2.45. The number of benzene rings is 2. The molecule has 2 unspecified atom stereocenters. The van der Waals surface area contributed by atoms with Gasteiger partial charge in [-0.05, 0) is 60.9 Å². The van der Waals surface area contributed by atoms with E-state index in [9.17, 15) is 21.6 Å². The van der Waals surface area contributed by atoms with Crippen molar-refractivity contribution in [2.45, 2.75) is 49.7 Å². The second kappa shape index (κ2) is 7.65. The summed E-state index contributed by atoms with van der Waals surface area (Å²) in [6, 6.07) is 15.3. The number of alkyl halides is 3. The third kappa shape index (κ3) is 4.00. The first kappa shape index (κ1) is 20.2. The number of fused-ring (bicyclic) bond motifs is 3. The molecule has 1 aliphatic carbocycles. The molecule has 0 N–H and O–H groups in total. The standard InChI is InChI=1S/C21H22F3NO3S/c22-21(23,24)29(26,27)28-20-10-4-8-16-17-9-5-13-25(19(17)12-11-18(16)20)14-15-6-2-1-3-7-15/h1-4,6-8,10,17,19H,5,9,11-14H2. The molecule has 0 radical (unpaired) electrons. The average Bonchev–Trinajstić information content (AvgIpc) is 2.68. The fraction of sp³-hybridized carbons (Fsp3) is 0.429. The molecule has 8 heteroatoms. The van der Waals surface area contributed by atoms with Crippen LogP contribution in [0.4, 0.5) is 13.2 Å². The monoisotopic (exact) mass is 425 g/mol. The number of hydrogen-bond acceptors (Lipinski definition) is 4. The van der Waals surface area contributed by atoms with Crippen molar-refractivity contribution in [3.05, 3.63) is 65.2 Å². The molecular formula is C21H22F3NO3S. The van der Waals surface area contributed by atoms with E-state index >= 15 is 0 Å². The Morgan fingerprint density at radius 3 is 2.52 bits per heavy atom. The van der Waals surface area contributed by atoms with Crippen LogP contribution in [0.3, 0.4) is 0 Å². The first-order valence-electron chi connectivity index (χ1n) is 9.67. The van der Waals surface area contributed by atoms with Crippen LogP contribution < -0.4 is 4.18 Å². The highest BCUT2D eigenvalue weighted by Crippen LogP contribution is 2.44. The van der Waals surface area contributed by atoms with Gasteiger partial charge in [0.05, 0.1) is 0 Å². The van der Waals surface area contributed by atoms with Crippen molar-refractivity contribution in [2.75, 3.05) is 6.54 Å². The lowest BCUT2D eigenvalue weighted by Gasteiger charge is -2.45. The van der Waals surface area contributed by atoms with Gasteiger partial charge in [0.1, 0.15) is 5.75 Å². The summed E-state index contributed by atoms with van der Waals surface area (Å²) >= 11 is 0.